The van der Waals surface area contributed by atoms with Crippen molar-refractivity contribution in [1.82, 2.24) is 0 Å². The first-order valence-corrected chi connectivity index (χ1v) is 26.1. The van der Waals surface area contributed by atoms with E-state index < -0.39 is 88.8 Å². The van der Waals surface area contributed by atoms with Gasteiger partial charge in [-0.15, -0.1) is 33.8 Å². The minimum absolute atomic E-state index is 0.0290. The van der Waals surface area contributed by atoms with Gasteiger partial charge >= 0.3 is 0 Å². The molecule has 0 atom stereocenters. The summed E-state index contributed by atoms with van der Waals surface area (Å²) in [6.45, 7) is 2.63. The summed E-state index contributed by atoms with van der Waals surface area (Å²) < 4.78 is 123. The summed E-state index contributed by atoms with van der Waals surface area (Å²) in [5.74, 6) is -0.566. The first-order chi connectivity index (χ1) is 30.8. The summed E-state index contributed by atoms with van der Waals surface area (Å²) in [5, 5.41) is 34.0. The second-order valence-corrected chi connectivity index (χ2v) is 21.2. The van der Waals surface area contributed by atoms with Crippen LogP contribution in [0.1, 0.15) is 26.7 Å². The lowest BCUT2D eigenvalue weighted by Crippen LogP contribution is -2.07. The van der Waals surface area contributed by atoms with Crippen LogP contribution < -0.4 is 27.8 Å². The molecule has 33 heteroatoms. The molecule has 366 valence electrons. The first-order valence-electron chi connectivity index (χ1n) is 18.0. The standard InChI is InChI=1S/C17H19N5O9S3.C11H16N2O4S2.C6H6N2O5S/c1-10(23)19-14-8-12(18)16(32-5-2-6-33(26,27)28)9-15(14)21-20-13-4-3-11(22(24)25)7-17(13)34(29,30)31;1-8(14)13-9-3-4-11(10(12)7-9)18-5-2-6-19(15,16)17;7-5-2-1-4(8(9)10)3-6(5)14(11,12)13/h3-4,7-9H,2,5-6,18H2,1H3,(H,19,23)(H,26,27,28)(H,29,30,31);3-4,7H,2,5-6,12H2,1H3,(H,13,14)(H,15,16,17);1-3H,7H2,(H,11,12,13). The number of nitrogens with two attached hydrogens (primary N) is 3. The van der Waals surface area contributed by atoms with Gasteiger partial charge in [0.1, 0.15) is 21.2 Å². The molecule has 0 aliphatic heterocycles. The van der Waals surface area contributed by atoms with Crippen LogP contribution >= 0.6 is 23.5 Å². The number of nitro groups is 2. The van der Waals surface area contributed by atoms with E-state index in [1.165, 1.54) is 37.7 Å². The molecule has 27 nitrogen and oxygen atoms in total. The minimum Gasteiger partial charge on any atom is -0.398 e. The number of hydrogen-bond donors (Lipinski definition) is 9. The van der Waals surface area contributed by atoms with Crippen LogP contribution in [0.3, 0.4) is 0 Å². The Morgan fingerprint density at radius 2 is 1.06 bits per heavy atom. The van der Waals surface area contributed by atoms with Gasteiger partial charge in [0.25, 0.3) is 51.8 Å². The van der Waals surface area contributed by atoms with Gasteiger partial charge in [-0.05, 0) is 66.8 Å². The Morgan fingerprint density at radius 1 is 0.597 bits per heavy atom. The van der Waals surface area contributed by atoms with Crippen LogP contribution in [0.5, 0.6) is 0 Å². The molecule has 0 aliphatic rings. The summed E-state index contributed by atoms with van der Waals surface area (Å²) in [6.07, 6.45) is 0.462. The highest BCUT2D eigenvalue weighted by Gasteiger charge is 2.21. The number of non-ortho nitro benzene ring substituents is 2. The van der Waals surface area contributed by atoms with Gasteiger partial charge in [0, 0.05) is 65.0 Å². The molecule has 4 aromatic rings. The third-order valence-corrected chi connectivity index (χ3v) is 13.3. The van der Waals surface area contributed by atoms with E-state index in [0.29, 0.717) is 40.6 Å². The molecular weight excluding hydrogens is 1010 g/mol. The SMILES string of the molecule is CC(=O)Nc1cc(N)c(SCCCS(=O)(=O)O)cc1N=Nc1ccc([N+](=O)[O-])cc1S(=O)(=O)O.CC(=O)Nc1ccc(SCCCS(=O)(=O)O)c(N)c1.Nc1ccc([N+](=O)[O-])cc1S(=O)(=O)O. The zero-order chi connectivity index (χ0) is 51.1. The second-order valence-electron chi connectivity index (χ2n) is 13.0. The van der Waals surface area contributed by atoms with Crippen LogP contribution in [0.4, 0.5) is 51.2 Å². The molecule has 67 heavy (non-hydrogen) atoms. The number of hydrogen-bond acceptors (Lipinski definition) is 21. The summed E-state index contributed by atoms with van der Waals surface area (Å²) in [7, 11) is -17.4. The van der Waals surface area contributed by atoms with Crippen LogP contribution in [0.15, 0.2) is 96.5 Å². The Morgan fingerprint density at radius 3 is 1.52 bits per heavy atom. The first kappa shape index (κ1) is 57.1. The predicted molar refractivity (Wildman–Crippen MR) is 248 cm³/mol. The van der Waals surface area contributed by atoms with Crippen molar-refractivity contribution in [1.29, 1.82) is 0 Å². The molecular formula is C34H41N9O18S6. The van der Waals surface area contributed by atoms with E-state index in [-0.39, 0.29) is 46.6 Å². The number of thioether (sulfide) groups is 2. The summed E-state index contributed by atoms with van der Waals surface area (Å²) in [5.41, 5.74) is 16.8. The van der Waals surface area contributed by atoms with Crippen molar-refractivity contribution in [2.24, 2.45) is 10.2 Å². The number of amides is 2. The number of nitrogens with zero attached hydrogens (tertiary/aromatic N) is 4. The predicted octanol–water partition coefficient (Wildman–Crippen LogP) is 5.19. The topological polar surface area (TPSA) is 465 Å². The Kier molecular flexibility index (Phi) is 21.0. The fraction of sp³-hybridized carbons (Fsp3) is 0.235. The third-order valence-electron chi connectivity index (χ3n) is 7.56. The lowest BCUT2D eigenvalue weighted by Gasteiger charge is -2.11. The highest BCUT2D eigenvalue weighted by atomic mass is 32.2. The van der Waals surface area contributed by atoms with Crippen molar-refractivity contribution >= 4 is 127 Å². The van der Waals surface area contributed by atoms with E-state index in [4.69, 9.17) is 30.9 Å². The number of azo groups is 1. The number of nitro benzene ring substituents is 2. The number of rotatable bonds is 18. The Bertz CT molecular complexity index is 2990. The van der Waals surface area contributed by atoms with Crippen LogP contribution in [0.25, 0.3) is 0 Å². The van der Waals surface area contributed by atoms with Gasteiger partial charge in [0.05, 0.1) is 32.7 Å². The Hall–Kier alpha value is -6.04. The van der Waals surface area contributed by atoms with E-state index in [2.05, 4.69) is 20.9 Å². The lowest BCUT2D eigenvalue weighted by molar-refractivity contribution is -0.385. The van der Waals surface area contributed by atoms with Gasteiger partial charge in [-0.2, -0.15) is 33.7 Å². The van der Waals surface area contributed by atoms with Gasteiger partial charge in [-0.3, -0.25) is 48.0 Å². The van der Waals surface area contributed by atoms with Crippen molar-refractivity contribution in [3.8, 4) is 0 Å². The maximum atomic E-state index is 11.7. The summed E-state index contributed by atoms with van der Waals surface area (Å²) in [6, 6.07) is 13.3. The normalized spacial score (nSPS) is 11.7. The lowest BCUT2D eigenvalue weighted by atomic mass is 10.2. The number of benzene rings is 4. The zero-order valence-electron chi connectivity index (χ0n) is 34.6. The van der Waals surface area contributed by atoms with Crippen molar-refractivity contribution in [2.75, 3.05) is 50.8 Å². The Labute approximate surface area is 390 Å². The fourth-order valence-electron chi connectivity index (χ4n) is 4.76. The highest BCUT2D eigenvalue weighted by molar-refractivity contribution is 7.99. The minimum atomic E-state index is -4.89. The van der Waals surface area contributed by atoms with Gasteiger partial charge in [-0.25, -0.2) is 0 Å². The molecule has 0 bridgehead atoms. The summed E-state index contributed by atoms with van der Waals surface area (Å²) >= 11 is 2.54. The maximum absolute atomic E-state index is 11.7. The van der Waals surface area contributed by atoms with Gasteiger partial charge in [0.2, 0.25) is 11.8 Å². The highest BCUT2D eigenvalue weighted by Crippen LogP contribution is 2.38. The van der Waals surface area contributed by atoms with Crippen molar-refractivity contribution in [2.45, 2.75) is 46.3 Å². The van der Waals surface area contributed by atoms with E-state index in [9.17, 15) is 68.0 Å². The van der Waals surface area contributed by atoms with Gasteiger partial charge in [-0.1, -0.05) is 0 Å². The fourth-order valence-corrected chi connectivity index (χ4v) is 9.25. The average molecular weight is 1060 g/mol. The van der Waals surface area contributed by atoms with E-state index >= 15 is 0 Å². The Balaban J connectivity index is 0.000000390. The van der Waals surface area contributed by atoms with Crippen LogP contribution in [0.2, 0.25) is 0 Å². The molecule has 0 fully saturated rings. The molecule has 0 aliphatic carbocycles. The number of nitrogens with one attached hydrogen (secondary N) is 2. The quantitative estimate of drug-likeness (QED) is 0.0118. The molecule has 12 N–H and O–H groups in total. The average Bonchev–Trinajstić information content (AvgIpc) is 3.17. The maximum Gasteiger partial charge on any atom is 0.297 e. The molecule has 0 radical (unpaired) electrons. The molecule has 4 rings (SSSR count). The van der Waals surface area contributed by atoms with Crippen LogP contribution in [0, 0.1) is 20.2 Å². The van der Waals surface area contributed by atoms with E-state index in [0.717, 1.165) is 40.9 Å². The molecule has 2 amide bonds. The molecule has 0 unspecified atom stereocenters. The second kappa shape index (κ2) is 24.6. The molecule has 0 saturated carbocycles. The number of anilines is 5. The largest absolute Gasteiger partial charge is 0.398 e. The molecule has 0 aromatic heterocycles. The smallest absolute Gasteiger partial charge is 0.297 e. The van der Waals surface area contributed by atoms with Gasteiger partial charge < -0.3 is 27.8 Å². The van der Waals surface area contributed by atoms with Crippen molar-refractivity contribution in [3.63, 3.8) is 0 Å². The van der Waals surface area contributed by atoms with E-state index in [1.54, 1.807) is 18.2 Å². The van der Waals surface area contributed by atoms with E-state index in [1.807, 2.05) is 0 Å². The summed E-state index contributed by atoms with van der Waals surface area (Å²) in [4.78, 5) is 41.7. The third kappa shape index (κ3) is 21.0. The molecule has 0 saturated heterocycles. The number of carbonyl (C=O) groups excluding carboxylic acids is 2. The molecule has 0 heterocycles. The van der Waals surface area contributed by atoms with Crippen LogP contribution in [-0.2, 0) is 50.1 Å². The molecule has 0 spiro atoms. The monoisotopic (exact) mass is 1060 g/mol. The zero-order valence-corrected chi connectivity index (χ0v) is 39.5. The number of carbonyl (C=O) groups is 2. The van der Waals surface area contributed by atoms with Gasteiger partial charge in [0.15, 0.2) is 0 Å². The van der Waals surface area contributed by atoms with Crippen molar-refractivity contribution < 1.29 is 71.3 Å². The van der Waals surface area contributed by atoms with Crippen molar-refractivity contribution in [3.05, 3.63) is 87.0 Å². The number of nitrogen functional groups attached to an aromatic ring is 3. The van der Waals surface area contributed by atoms with Crippen LogP contribution in [-0.4, -0.2) is 96.6 Å². The molecule has 4 aromatic carbocycles.